The van der Waals surface area contributed by atoms with Crippen molar-refractivity contribution in [2.45, 2.75) is 17.4 Å². The number of rotatable bonds is 2. The summed E-state index contributed by atoms with van der Waals surface area (Å²) in [5.41, 5.74) is 5.68. The molecule has 0 saturated carbocycles. The minimum Gasteiger partial charge on any atom is -0.326 e. The topological polar surface area (TPSA) is 63.4 Å². The number of nitrogens with zero attached hydrogens (tertiary/aromatic N) is 1. The molecular weight excluding hydrogens is 311 g/mol. The van der Waals surface area contributed by atoms with Crippen LogP contribution in [0, 0.1) is 5.82 Å². The van der Waals surface area contributed by atoms with Crippen molar-refractivity contribution in [3.63, 3.8) is 0 Å². The zero-order chi connectivity index (χ0) is 12.6. The van der Waals surface area contributed by atoms with E-state index in [-0.39, 0.29) is 15.4 Å². The Hall–Kier alpha value is -0.500. The summed E-state index contributed by atoms with van der Waals surface area (Å²) in [6.07, 6.45) is 0.654. The van der Waals surface area contributed by atoms with E-state index < -0.39 is 15.8 Å². The van der Waals surface area contributed by atoms with E-state index in [9.17, 15) is 12.8 Å². The van der Waals surface area contributed by atoms with E-state index in [4.69, 9.17) is 5.73 Å². The lowest BCUT2D eigenvalue weighted by atomic mass is 10.3. The third-order valence-electron chi connectivity index (χ3n) is 2.72. The highest BCUT2D eigenvalue weighted by atomic mass is 79.9. The predicted molar refractivity (Wildman–Crippen MR) is 65.5 cm³/mol. The van der Waals surface area contributed by atoms with Gasteiger partial charge in [-0.15, -0.1) is 0 Å². The summed E-state index contributed by atoms with van der Waals surface area (Å²) < 4.78 is 38.9. The van der Waals surface area contributed by atoms with Gasteiger partial charge in [0, 0.05) is 19.1 Å². The van der Waals surface area contributed by atoms with Gasteiger partial charge in [-0.2, -0.15) is 4.31 Å². The zero-order valence-corrected chi connectivity index (χ0v) is 11.3. The molecule has 0 aromatic heterocycles. The Morgan fingerprint density at radius 2 is 2.18 bits per heavy atom. The molecule has 0 radical (unpaired) electrons. The Morgan fingerprint density at radius 3 is 2.71 bits per heavy atom. The second kappa shape index (κ2) is 4.64. The van der Waals surface area contributed by atoms with Gasteiger partial charge in [0.1, 0.15) is 5.82 Å². The van der Waals surface area contributed by atoms with Crippen molar-refractivity contribution in [1.29, 1.82) is 0 Å². The summed E-state index contributed by atoms with van der Waals surface area (Å²) in [4.78, 5) is 0.0832. The van der Waals surface area contributed by atoms with Gasteiger partial charge in [0.15, 0.2) is 0 Å². The van der Waals surface area contributed by atoms with E-state index in [1.807, 2.05) is 0 Å². The highest BCUT2D eigenvalue weighted by Gasteiger charge is 2.31. The summed E-state index contributed by atoms with van der Waals surface area (Å²) in [5.74, 6) is -0.484. The van der Waals surface area contributed by atoms with Crippen LogP contribution in [0.2, 0.25) is 0 Å². The Balaban J connectivity index is 2.35. The molecular formula is C10H12BrFN2O2S. The van der Waals surface area contributed by atoms with Gasteiger partial charge >= 0.3 is 0 Å². The Kier molecular flexibility index (Phi) is 3.53. The highest BCUT2D eigenvalue weighted by molar-refractivity contribution is 9.10. The van der Waals surface area contributed by atoms with Gasteiger partial charge in [-0.05, 0) is 40.5 Å². The van der Waals surface area contributed by atoms with E-state index in [0.29, 0.717) is 19.5 Å². The van der Waals surface area contributed by atoms with Crippen LogP contribution in [0.25, 0.3) is 0 Å². The quantitative estimate of drug-likeness (QED) is 0.893. The fourth-order valence-corrected chi connectivity index (χ4v) is 3.83. The predicted octanol–water partition coefficient (Wildman–Crippen LogP) is 1.31. The largest absolute Gasteiger partial charge is 0.326 e. The van der Waals surface area contributed by atoms with E-state index in [1.54, 1.807) is 0 Å². The molecule has 2 N–H and O–H groups in total. The van der Waals surface area contributed by atoms with Crippen molar-refractivity contribution >= 4 is 26.0 Å². The molecule has 0 amide bonds. The van der Waals surface area contributed by atoms with Crippen molar-refractivity contribution in [3.8, 4) is 0 Å². The van der Waals surface area contributed by atoms with Gasteiger partial charge < -0.3 is 5.73 Å². The average molecular weight is 323 g/mol. The number of sulfonamides is 1. The lowest BCUT2D eigenvalue weighted by molar-refractivity contribution is 0.472. The molecule has 1 aromatic carbocycles. The maximum absolute atomic E-state index is 13.1. The van der Waals surface area contributed by atoms with Gasteiger partial charge in [-0.1, -0.05) is 0 Å². The van der Waals surface area contributed by atoms with Gasteiger partial charge in [0.05, 0.1) is 9.37 Å². The van der Waals surface area contributed by atoms with Gasteiger partial charge in [0.2, 0.25) is 10.0 Å². The average Bonchev–Trinajstić information content (AvgIpc) is 2.69. The number of hydrogen-bond donors (Lipinski definition) is 1. The van der Waals surface area contributed by atoms with E-state index in [0.717, 1.165) is 6.07 Å². The minimum absolute atomic E-state index is 0.0832. The first kappa shape index (κ1) is 12.9. The van der Waals surface area contributed by atoms with E-state index >= 15 is 0 Å². The lowest BCUT2D eigenvalue weighted by Crippen LogP contribution is -2.32. The third-order valence-corrected chi connectivity index (χ3v) is 5.19. The Bertz CT molecular complexity index is 535. The summed E-state index contributed by atoms with van der Waals surface area (Å²) in [6.45, 7) is 0.732. The molecule has 1 fully saturated rings. The molecule has 4 nitrogen and oxygen atoms in total. The van der Waals surface area contributed by atoms with E-state index in [2.05, 4.69) is 15.9 Å². The van der Waals surface area contributed by atoms with Crippen LogP contribution in [0.4, 0.5) is 4.39 Å². The first-order chi connectivity index (χ1) is 7.91. The fourth-order valence-electron chi connectivity index (χ4n) is 1.76. The molecule has 1 heterocycles. The van der Waals surface area contributed by atoms with Gasteiger partial charge in [-0.25, -0.2) is 12.8 Å². The van der Waals surface area contributed by atoms with Crippen LogP contribution in [-0.2, 0) is 10.0 Å². The molecule has 17 heavy (non-hydrogen) atoms. The molecule has 0 spiro atoms. The van der Waals surface area contributed by atoms with Crippen LogP contribution >= 0.6 is 15.9 Å². The number of hydrogen-bond acceptors (Lipinski definition) is 3. The summed E-state index contributed by atoms with van der Waals surface area (Å²) in [7, 11) is -3.55. The van der Waals surface area contributed by atoms with Crippen molar-refractivity contribution in [3.05, 3.63) is 28.5 Å². The zero-order valence-electron chi connectivity index (χ0n) is 8.94. The normalized spacial score (nSPS) is 21.9. The van der Waals surface area contributed by atoms with Gasteiger partial charge in [0.25, 0.3) is 0 Å². The molecule has 7 heteroatoms. The first-order valence-electron chi connectivity index (χ1n) is 5.12. The molecule has 1 aliphatic heterocycles. The lowest BCUT2D eigenvalue weighted by Gasteiger charge is -2.16. The highest BCUT2D eigenvalue weighted by Crippen LogP contribution is 2.24. The van der Waals surface area contributed by atoms with Crippen LogP contribution in [0.15, 0.2) is 27.6 Å². The van der Waals surface area contributed by atoms with Crippen molar-refractivity contribution in [1.82, 2.24) is 4.31 Å². The van der Waals surface area contributed by atoms with Crippen LogP contribution in [0.1, 0.15) is 6.42 Å². The maximum Gasteiger partial charge on any atom is 0.243 e. The first-order valence-corrected chi connectivity index (χ1v) is 7.35. The number of nitrogens with two attached hydrogens (primary N) is 1. The SMILES string of the molecule is N[C@H]1CCN(S(=O)(=O)c2ccc(F)c(Br)c2)C1. The van der Waals surface area contributed by atoms with Crippen molar-refractivity contribution < 1.29 is 12.8 Å². The molecule has 0 aliphatic carbocycles. The molecule has 0 bridgehead atoms. The Labute approximate surface area is 108 Å². The summed E-state index contributed by atoms with van der Waals surface area (Å²) in [6, 6.07) is 3.55. The summed E-state index contributed by atoms with van der Waals surface area (Å²) >= 11 is 2.98. The standard InChI is InChI=1S/C10H12BrFN2O2S/c11-9-5-8(1-2-10(9)12)17(15,16)14-4-3-7(13)6-14/h1-2,5,7H,3-4,6,13H2/t7-/m0/s1. The molecule has 1 aromatic rings. The van der Waals surface area contributed by atoms with Crippen LogP contribution in [0.3, 0.4) is 0 Å². The molecule has 0 unspecified atom stereocenters. The van der Waals surface area contributed by atoms with Gasteiger partial charge in [-0.3, -0.25) is 0 Å². The summed E-state index contributed by atoms with van der Waals surface area (Å²) in [5, 5.41) is 0. The fraction of sp³-hybridized carbons (Fsp3) is 0.400. The molecule has 94 valence electrons. The van der Waals surface area contributed by atoms with Crippen molar-refractivity contribution in [2.75, 3.05) is 13.1 Å². The molecule has 1 saturated heterocycles. The molecule has 2 rings (SSSR count). The van der Waals surface area contributed by atoms with Crippen LogP contribution in [0.5, 0.6) is 0 Å². The number of benzene rings is 1. The Morgan fingerprint density at radius 1 is 1.47 bits per heavy atom. The molecule has 1 atom stereocenters. The smallest absolute Gasteiger partial charge is 0.243 e. The van der Waals surface area contributed by atoms with E-state index in [1.165, 1.54) is 16.4 Å². The van der Waals surface area contributed by atoms with Crippen LogP contribution in [-0.4, -0.2) is 31.9 Å². The number of halogens is 2. The second-order valence-electron chi connectivity index (χ2n) is 3.99. The van der Waals surface area contributed by atoms with Crippen LogP contribution < -0.4 is 5.73 Å². The third kappa shape index (κ3) is 2.52. The molecule has 1 aliphatic rings. The second-order valence-corrected chi connectivity index (χ2v) is 6.78. The monoisotopic (exact) mass is 322 g/mol. The van der Waals surface area contributed by atoms with Crippen molar-refractivity contribution in [2.24, 2.45) is 5.73 Å². The minimum atomic E-state index is -3.55. The maximum atomic E-state index is 13.1.